The molecule has 5 heteroatoms. The molecule has 0 saturated carbocycles. The van der Waals surface area contributed by atoms with Gasteiger partial charge in [-0.25, -0.2) is 9.97 Å². The fourth-order valence-electron chi connectivity index (χ4n) is 1.33. The number of hydrogen-bond acceptors (Lipinski definition) is 4. The van der Waals surface area contributed by atoms with Gasteiger partial charge in [0.05, 0.1) is 29.6 Å². The first-order chi connectivity index (χ1) is 7.66. The predicted octanol–water partition coefficient (Wildman–Crippen LogP) is 3.53. The standard InChI is InChI=1S/C11H12BrN3S/c1-7-3-9(4-14-11(7)12)13-5-10-8(2)15-6-16-10/h3-4,6,13H,5H2,1-2H3. The molecule has 0 radical (unpaired) electrons. The van der Waals surface area contributed by atoms with Crippen molar-refractivity contribution in [2.45, 2.75) is 20.4 Å². The molecule has 3 nitrogen and oxygen atoms in total. The minimum absolute atomic E-state index is 0.805. The van der Waals surface area contributed by atoms with E-state index in [4.69, 9.17) is 0 Å². The van der Waals surface area contributed by atoms with E-state index < -0.39 is 0 Å². The molecule has 0 amide bonds. The van der Waals surface area contributed by atoms with Gasteiger partial charge >= 0.3 is 0 Å². The number of nitrogens with zero attached hydrogens (tertiary/aromatic N) is 2. The Balaban J connectivity index is 2.05. The maximum atomic E-state index is 4.24. The quantitative estimate of drug-likeness (QED) is 0.881. The molecule has 2 heterocycles. The summed E-state index contributed by atoms with van der Waals surface area (Å²) in [6.07, 6.45) is 1.83. The van der Waals surface area contributed by atoms with E-state index in [2.05, 4.69) is 37.3 Å². The number of halogens is 1. The van der Waals surface area contributed by atoms with E-state index in [1.54, 1.807) is 11.3 Å². The highest BCUT2D eigenvalue weighted by Crippen LogP contribution is 2.19. The molecule has 2 aromatic rings. The number of aryl methyl sites for hydroxylation is 2. The summed E-state index contributed by atoms with van der Waals surface area (Å²) >= 11 is 5.06. The molecule has 0 aliphatic rings. The van der Waals surface area contributed by atoms with Crippen molar-refractivity contribution in [2.24, 2.45) is 0 Å². The Morgan fingerprint density at radius 2 is 2.19 bits per heavy atom. The van der Waals surface area contributed by atoms with Gasteiger partial charge in [-0.1, -0.05) is 0 Å². The highest BCUT2D eigenvalue weighted by Gasteiger charge is 2.02. The lowest BCUT2D eigenvalue weighted by Gasteiger charge is -2.06. The summed E-state index contributed by atoms with van der Waals surface area (Å²) < 4.78 is 0.895. The third-order valence-electron chi connectivity index (χ3n) is 2.31. The second-order valence-electron chi connectivity index (χ2n) is 3.55. The number of thiazole rings is 1. The molecule has 0 unspecified atom stereocenters. The molecule has 0 aliphatic heterocycles. The minimum atomic E-state index is 0.805. The summed E-state index contributed by atoms with van der Waals surface area (Å²) in [4.78, 5) is 9.72. The lowest BCUT2D eigenvalue weighted by atomic mass is 10.3. The zero-order valence-corrected chi connectivity index (χ0v) is 11.5. The van der Waals surface area contributed by atoms with E-state index in [1.807, 2.05) is 25.6 Å². The van der Waals surface area contributed by atoms with Gasteiger partial charge in [0, 0.05) is 4.88 Å². The number of anilines is 1. The second-order valence-corrected chi connectivity index (χ2v) is 5.24. The average Bonchev–Trinajstić information content (AvgIpc) is 2.66. The summed E-state index contributed by atoms with van der Waals surface area (Å²) in [7, 11) is 0. The van der Waals surface area contributed by atoms with Gasteiger partial charge in [-0.05, 0) is 41.4 Å². The highest BCUT2D eigenvalue weighted by atomic mass is 79.9. The molecule has 0 aliphatic carbocycles. The van der Waals surface area contributed by atoms with Crippen molar-refractivity contribution in [3.8, 4) is 0 Å². The summed E-state index contributed by atoms with van der Waals surface area (Å²) in [5.41, 5.74) is 5.14. The van der Waals surface area contributed by atoms with Crippen molar-refractivity contribution >= 4 is 33.0 Å². The lowest BCUT2D eigenvalue weighted by Crippen LogP contribution is -2.00. The molecule has 0 spiro atoms. The normalized spacial score (nSPS) is 10.4. The van der Waals surface area contributed by atoms with Crippen molar-refractivity contribution in [3.05, 3.63) is 38.5 Å². The summed E-state index contributed by atoms with van der Waals surface area (Å²) in [6.45, 7) is 4.86. The van der Waals surface area contributed by atoms with Gasteiger partial charge in [0.2, 0.25) is 0 Å². The fourth-order valence-corrected chi connectivity index (χ4v) is 2.27. The zero-order valence-electron chi connectivity index (χ0n) is 9.12. The first-order valence-electron chi connectivity index (χ1n) is 4.92. The van der Waals surface area contributed by atoms with Crippen LogP contribution in [0.2, 0.25) is 0 Å². The first kappa shape index (κ1) is 11.5. The van der Waals surface area contributed by atoms with Gasteiger partial charge in [-0.15, -0.1) is 11.3 Å². The maximum absolute atomic E-state index is 4.24. The predicted molar refractivity (Wildman–Crippen MR) is 70.9 cm³/mol. The Labute approximate surface area is 107 Å². The maximum Gasteiger partial charge on any atom is 0.109 e. The smallest absolute Gasteiger partial charge is 0.109 e. The molecule has 0 atom stereocenters. The van der Waals surface area contributed by atoms with Gasteiger partial charge in [-0.2, -0.15) is 0 Å². The number of aromatic nitrogens is 2. The van der Waals surface area contributed by atoms with E-state index in [1.165, 1.54) is 4.88 Å². The Bertz CT molecular complexity index is 496. The fraction of sp³-hybridized carbons (Fsp3) is 0.273. The van der Waals surface area contributed by atoms with Crippen LogP contribution in [0.25, 0.3) is 0 Å². The van der Waals surface area contributed by atoms with Crippen LogP contribution in [0.15, 0.2) is 22.4 Å². The number of nitrogens with one attached hydrogen (secondary N) is 1. The van der Waals surface area contributed by atoms with E-state index in [0.29, 0.717) is 0 Å². The number of rotatable bonds is 3. The summed E-state index contributed by atoms with van der Waals surface area (Å²) in [6, 6.07) is 2.08. The topological polar surface area (TPSA) is 37.8 Å². The lowest BCUT2D eigenvalue weighted by molar-refractivity contribution is 1.11. The van der Waals surface area contributed by atoms with Gasteiger partial charge in [0.25, 0.3) is 0 Å². The van der Waals surface area contributed by atoms with Crippen molar-refractivity contribution in [2.75, 3.05) is 5.32 Å². The van der Waals surface area contributed by atoms with E-state index >= 15 is 0 Å². The molecule has 0 bridgehead atoms. The highest BCUT2D eigenvalue weighted by molar-refractivity contribution is 9.10. The Hall–Kier alpha value is -0.940. The van der Waals surface area contributed by atoms with E-state index in [0.717, 1.165) is 28.1 Å². The molecular formula is C11H12BrN3S. The van der Waals surface area contributed by atoms with Crippen LogP contribution >= 0.6 is 27.3 Å². The van der Waals surface area contributed by atoms with Gasteiger partial charge in [0.1, 0.15) is 4.60 Å². The molecule has 0 aromatic carbocycles. The molecule has 2 aromatic heterocycles. The average molecular weight is 298 g/mol. The van der Waals surface area contributed by atoms with Crippen LogP contribution in [-0.2, 0) is 6.54 Å². The van der Waals surface area contributed by atoms with Crippen LogP contribution in [0.1, 0.15) is 16.1 Å². The van der Waals surface area contributed by atoms with Crippen LogP contribution in [0.5, 0.6) is 0 Å². The minimum Gasteiger partial charge on any atom is -0.379 e. The van der Waals surface area contributed by atoms with Crippen LogP contribution in [0, 0.1) is 13.8 Å². The third kappa shape index (κ3) is 2.59. The van der Waals surface area contributed by atoms with Gasteiger partial charge in [-0.3, -0.25) is 0 Å². The SMILES string of the molecule is Cc1cc(NCc2scnc2C)cnc1Br. The Morgan fingerprint density at radius 1 is 1.38 bits per heavy atom. The molecule has 0 saturated heterocycles. The molecule has 1 N–H and O–H groups in total. The zero-order chi connectivity index (χ0) is 11.5. The van der Waals surface area contributed by atoms with Crippen molar-refractivity contribution in [1.82, 2.24) is 9.97 Å². The Morgan fingerprint density at radius 3 is 2.81 bits per heavy atom. The van der Waals surface area contributed by atoms with E-state index in [9.17, 15) is 0 Å². The Kier molecular flexibility index (Phi) is 3.56. The van der Waals surface area contributed by atoms with E-state index in [-0.39, 0.29) is 0 Å². The van der Waals surface area contributed by atoms with Crippen molar-refractivity contribution in [1.29, 1.82) is 0 Å². The third-order valence-corrected chi connectivity index (χ3v) is 4.08. The molecule has 84 valence electrons. The van der Waals surface area contributed by atoms with Crippen LogP contribution < -0.4 is 5.32 Å². The molecule has 0 fully saturated rings. The number of hydrogen-bond donors (Lipinski definition) is 1. The molecule has 16 heavy (non-hydrogen) atoms. The molecular weight excluding hydrogens is 286 g/mol. The first-order valence-corrected chi connectivity index (χ1v) is 6.59. The van der Waals surface area contributed by atoms with Crippen molar-refractivity contribution in [3.63, 3.8) is 0 Å². The van der Waals surface area contributed by atoms with Gasteiger partial charge in [0.15, 0.2) is 0 Å². The largest absolute Gasteiger partial charge is 0.379 e. The van der Waals surface area contributed by atoms with Crippen LogP contribution in [0.4, 0.5) is 5.69 Å². The van der Waals surface area contributed by atoms with Crippen LogP contribution in [0.3, 0.4) is 0 Å². The van der Waals surface area contributed by atoms with Crippen molar-refractivity contribution < 1.29 is 0 Å². The van der Waals surface area contributed by atoms with Crippen LogP contribution in [-0.4, -0.2) is 9.97 Å². The summed E-state index contributed by atoms with van der Waals surface area (Å²) in [5.74, 6) is 0. The number of pyridine rings is 1. The summed E-state index contributed by atoms with van der Waals surface area (Å²) in [5, 5.41) is 3.34. The monoisotopic (exact) mass is 297 g/mol. The second kappa shape index (κ2) is 4.93. The molecule has 2 rings (SSSR count). The van der Waals surface area contributed by atoms with Gasteiger partial charge < -0.3 is 5.32 Å².